The van der Waals surface area contributed by atoms with E-state index in [2.05, 4.69) is 25.3 Å². The summed E-state index contributed by atoms with van der Waals surface area (Å²) in [6.45, 7) is 3.51. The van der Waals surface area contributed by atoms with Gasteiger partial charge in [0.1, 0.15) is 12.1 Å². The second kappa shape index (κ2) is 8.18. The number of rotatable bonds is 4. The minimum absolute atomic E-state index is 0.0561. The molecule has 0 aliphatic carbocycles. The van der Waals surface area contributed by atoms with E-state index >= 15 is 0 Å². The lowest BCUT2D eigenvalue weighted by Gasteiger charge is -2.33. The van der Waals surface area contributed by atoms with E-state index in [1.165, 1.54) is 0 Å². The van der Waals surface area contributed by atoms with Crippen LogP contribution in [0.25, 0.3) is 16.7 Å². The number of carbonyl (C=O) groups excluding carboxylic acids is 1. The van der Waals surface area contributed by atoms with Crippen molar-refractivity contribution < 1.29 is 4.79 Å². The molecule has 1 N–H and O–H groups in total. The number of aryl methyl sites for hydroxylation is 1. The fraction of sp³-hybridized carbons (Fsp3) is 0.250. The summed E-state index contributed by atoms with van der Waals surface area (Å²) in [4.78, 5) is 24.0. The molecule has 0 saturated carbocycles. The zero-order valence-electron chi connectivity index (χ0n) is 17.4. The summed E-state index contributed by atoms with van der Waals surface area (Å²) in [6, 6.07) is 17.9. The van der Waals surface area contributed by atoms with Gasteiger partial charge in [0.2, 0.25) is 5.91 Å². The van der Waals surface area contributed by atoms with Crippen LogP contribution in [0.2, 0.25) is 0 Å². The number of anilines is 2. The first-order valence-electron chi connectivity index (χ1n) is 10.6. The van der Waals surface area contributed by atoms with E-state index in [4.69, 9.17) is 0 Å². The van der Waals surface area contributed by atoms with Crippen LogP contribution in [0.3, 0.4) is 0 Å². The Hall–Kier alpha value is -3.74. The molecule has 7 nitrogen and oxygen atoms in total. The van der Waals surface area contributed by atoms with Gasteiger partial charge in [-0.1, -0.05) is 30.3 Å². The van der Waals surface area contributed by atoms with E-state index in [0.717, 1.165) is 47.5 Å². The molecule has 1 atom stereocenters. The molecule has 7 heteroatoms. The summed E-state index contributed by atoms with van der Waals surface area (Å²) in [5, 5.41) is 8.58. The molecular weight excluding hydrogens is 388 g/mol. The highest BCUT2D eigenvalue weighted by molar-refractivity contribution is 5.93. The van der Waals surface area contributed by atoms with E-state index in [0.29, 0.717) is 12.2 Å². The number of hydrogen-bond acceptors (Lipinski definition) is 5. The van der Waals surface area contributed by atoms with Gasteiger partial charge in [-0.05, 0) is 49.6 Å². The lowest BCUT2D eigenvalue weighted by Crippen LogP contribution is -2.41. The Balaban J connectivity index is 1.38. The van der Waals surface area contributed by atoms with E-state index in [1.807, 2.05) is 72.4 Å². The van der Waals surface area contributed by atoms with Crippen LogP contribution in [-0.4, -0.2) is 38.7 Å². The number of benzene rings is 2. The topological polar surface area (TPSA) is 75.9 Å². The molecule has 0 bridgehead atoms. The number of nitrogens with one attached hydrogen (secondary N) is 1. The maximum atomic E-state index is 12.9. The van der Waals surface area contributed by atoms with Crippen LogP contribution in [0.15, 0.2) is 67.1 Å². The van der Waals surface area contributed by atoms with Crippen LogP contribution in [-0.2, 0) is 4.79 Å². The Kier molecular flexibility index (Phi) is 5.08. The maximum absolute atomic E-state index is 12.9. The molecule has 1 amide bonds. The van der Waals surface area contributed by atoms with Crippen LogP contribution >= 0.6 is 0 Å². The number of amides is 1. The Bertz CT molecular complexity index is 1220. The molecule has 1 saturated heterocycles. The van der Waals surface area contributed by atoms with E-state index in [-0.39, 0.29) is 11.8 Å². The van der Waals surface area contributed by atoms with Crippen molar-refractivity contribution in [2.75, 3.05) is 23.3 Å². The van der Waals surface area contributed by atoms with E-state index in [9.17, 15) is 4.79 Å². The standard InChI is InChI=1S/C24H24N6O/c1-17-7-5-9-19(13-17)27-24(31)18-8-6-12-29(14-18)23-21-15-30(20-10-3-2-4-11-20)28-22(21)25-16-26-23/h2-5,7,9-11,13,15-16,18H,6,8,12,14H2,1H3,(H,27,31)/t18-/m0/s1. The lowest BCUT2D eigenvalue weighted by molar-refractivity contribution is -0.120. The molecule has 156 valence electrons. The van der Waals surface area contributed by atoms with Gasteiger partial charge in [0.05, 0.1) is 17.0 Å². The molecule has 2 aromatic carbocycles. The Morgan fingerprint density at radius 1 is 1.10 bits per heavy atom. The van der Waals surface area contributed by atoms with Gasteiger partial charge in [-0.15, -0.1) is 5.10 Å². The highest BCUT2D eigenvalue weighted by Gasteiger charge is 2.28. The predicted octanol–water partition coefficient (Wildman–Crippen LogP) is 3.98. The summed E-state index contributed by atoms with van der Waals surface area (Å²) in [6.07, 6.45) is 5.32. The first kappa shape index (κ1) is 19.2. The Morgan fingerprint density at radius 2 is 1.97 bits per heavy atom. The zero-order valence-corrected chi connectivity index (χ0v) is 17.4. The molecule has 3 heterocycles. The Morgan fingerprint density at radius 3 is 2.81 bits per heavy atom. The molecule has 4 aromatic rings. The van der Waals surface area contributed by atoms with Gasteiger partial charge in [0, 0.05) is 25.0 Å². The minimum Gasteiger partial charge on any atom is -0.355 e. The smallest absolute Gasteiger partial charge is 0.229 e. The quantitative estimate of drug-likeness (QED) is 0.549. The third kappa shape index (κ3) is 3.99. The van der Waals surface area contributed by atoms with Gasteiger partial charge in [0.15, 0.2) is 5.65 Å². The minimum atomic E-state index is -0.0940. The van der Waals surface area contributed by atoms with Crippen molar-refractivity contribution in [3.8, 4) is 5.69 Å². The summed E-state index contributed by atoms with van der Waals surface area (Å²) < 4.78 is 1.83. The number of para-hydroxylation sites is 1. The highest BCUT2D eigenvalue weighted by Crippen LogP contribution is 2.28. The highest BCUT2D eigenvalue weighted by atomic mass is 16.1. The summed E-state index contributed by atoms with van der Waals surface area (Å²) in [5.41, 5.74) is 3.60. The molecule has 1 aliphatic heterocycles. The number of hydrogen-bond donors (Lipinski definition) is 1. The van der Waals surface area contributed by atoms with Gasteiger partial charge in [-0.25, -0.2) is 14.6 Å². The van der Waals surface area contributed by atoms with Gasteiger partial charge in [0.25, 0.3) is 0 Å². The fourth-order valence-electron chi connectivity index (χ4n) is 4.14. The molecule has 1 fully saturated rings. The predicted molar refractivity (Wildman–Crippen MR) is 121 cm³/mol. The van der Waals surface area contributed by atoms with Crippen molar-refractivity contribution in [1.82, 2.24) is 19.7 Å². The van der Waals surface area contributed by atoms with Gasteiger partial charge in [-0.3, -0.25) is 4.79 Å². The van der Waals surface area contributed by atoms with Gasteiger partial charge < -0.3 is 10.2 Å². The van der Waals surface area contributed by atoms with Crippen molar-refractivity contribution in [2.45, 2.75) is 19.8 Å². The van der Waals surface area contributed by atoms with Crippen LogP contribution < -0.4 is 10.2 Å². The van der Waals surface area contributed by atoms with Crippen molar-refractivity contribution in [3.63, 3.8) is 0 Å². The third-order valence-electron chi connectivity index (χ3n) is 5.69. The van der Waals surface area contributed by atoms with E-state index in [1.54, 1.807) is 6.33 Å². The molecule has 2 aromatic heterocycles. The number of aromatic nitrogens is 4. The van der Waals surface area contributed by atoms with Crippen LogP contribution in [0.4, 0.5) is 11.5 Å². The molecule has 0 radical (unpaired) electrons. The van der Waals surface area contributed by atoms with Gasteiger partial charge in [-0.2, -0.15) is 0 Å². The summed E-state index contributed by atoms with van der Waals surface area (Å²) in [5.74, 6) is 0.796. The average molecular weight is 412 g/mol. The molecule has 5 rings (SSSR count). The second-order valence-electron chi connectivity index (χ2n) is 7.99. The molecular formula is C24H24N6O. The van der Waals surface area contributed by atoms with Gasteiger partial charge >= 0.3 is 0 Å². The molecule has 0 spiro atoms. The largest absolute Gasteiger partial charge is 0.355 e. The average Bonchev–Trinajstić information content (AvgIpc) is 3.24. The van der Waals surface area contributed by atoms with Crippen molar-refractivity contribution >= 4 is 28.4 Å². The molecule has 1 aliphatic rings. The van der Waals surface area contributed by atoms with Crippen molar-refractivity contribution in [1.29, 1.82) is 0 Å². The monoisotopic (exact) mass is 412 g/mol. The Labute approximate surface area is 180 Å². The normalized spacial score (nSPS) is 16.4. The summed E-state index contributed by atoms with van der Waals surface area (Å²) >= 11 is 0. The van der Waals surface area contributed by atoms with Crippen LogP contribution in [0.5, 0.6) is 0 Å². The number of nitrogens with zero attached hydrogens (tertiary/aromatic N) is 5. The SMILES string of the molecule is Cc1cccc(NC(=O)[C@H]2CCCN(c3ncnc4nn(-c5ccccc5)cc34)C2)c1. The first-order valence-corrected chi connectivity index (χ1v) is 10.6. The molecule has 0 unspecified atom stereocenters. The fourth-order valence-corrected chi connectivity index (χ4v) is 4.14. The van der Waals surface area contributed by atoms with Crippen LogP contribution in [0, 0.1) is 12.8 Å². The number of carbonyl (C=O) groups is 1. The number of fused-ring (bicyclic) bond motifs is 1. The van der Waals surface area contributed by atoms with Crippen molar-refractivity contribution in [2.24, 2.45) is 5.92 Å². The lowest BCUT2D eigenvalue weighted by atomic mass is 9.96. The van der Waals surface area contributed by atoms with Crippen molar-refractivity contribution in [3.05, 3.63) is 72.7 Å². The third-order valence-corrected chi connectivity index (χ3v) is 5.69. The first-order chi connectivity index (χ1) is 15.2. The number of piperidine rings is 1. The molecule has 31 heavy (non-hydrogen) atoms. The zero-order chi connectivity index (χ0) is 21.2. The maximum Gasteiger partial charge on any atom is 0.229 e. The van der Waals surface area contributed by atoms with Crippen LogP contribution in [0.1, 0.15) is 18.4 Å². The summed E-state index contributed by atoms with van der Waals surface area (Å²) in [7, 11) is 0. The second-order valence-corrected chi connectivity index (χ2v) is 7.99. The van der Waals surface area contributed by atoms with E-state index < -0.39 is 0 Å².